The van der Waals surface area contributed by atoms with Gasteiger partial charge in [0, 0.05) is 31.1 Å². The quantitative estimate of drug-likeness (QED) is 0.863. The van der Waals surface area contributed by atoms with E-state index in [1.54, 1.807) is 11.3 Å². The van der Waals surface area contributed by atoms with Gasteiger partial charge >= 0.3 is 0 Å². The minimum atomic E-state index is -0.115. The van der Waals surface area contributed by atoms with Crippen molar-refractivity contribution in [2.45, 2.75) is 33.1 Å². The molecule has 0 aromatic carbocycles. The fourth-order valence-electron chi connectivity index (χ4n) is 2.85. The van der Waals surface area contributed by atoms with Gasteiger partial charge in [-0.3, -0.25) is 9.59 Å². The first-order chi connectivity index (χ1) is 10.6. The van der Waals surface area contributed by atoms with Crippen LogP contribution in [0.5, 0.6) is 0 Å². The van der Waals surface area contributed by atoms with E-state index in [1.807, 2.05) is 17.9 Å². The lowest BCUT2D eigenvalue weighted by Crippen LogP contribution is -2.46. The molecule has 5 nitrogen and oxygen atoms in total. The molecule has 0 saturated carbocycles. The number of hydrogen-bond donors (Lipinski definition) is 2. The van der Waals surface area contributed by atoms with E-state index >= 15 is 0 Å². The summed E-state index contributed by atoms with van der Waals surface area (Å²) in [7, 11) is 0. The summed E-state index contributed by atoms with van der Waals surface area (Å²) in [5, 5.41) is 2.82. The second-order valence-electron chi connectivity index (χ2n) is 5.74. The summed E-state index contributed by atoms with van der Waals surface area (Å²) in [6.45, 7) is 6.32. The Morgan fingerprint density at radius 2 is 2.27 bits per heavy atom. The summed E-state index contributed by atoms with van der Waals surface area (Å²) >= 11 is 1.58. The lowest BCUT2D eigenvalue weighted by Gasteiger charge is -2.31. The molecule has 2 amide bonds. The van der Waals surface area contributed by atoms with Gasteiger partial charge in [0.1, 0.15) is 0 Å². The van der Waals surface area contributed by atoms with Gasteiger partial charge in [0.05, 0.1) is 10.8 Å². The van der Waals surface area contributed by atoms with E-state index in [9.17, 15) is 9.59 Å². The Hall–Kier alpha value is -1.40. The van der Waals surface area contributed by atoms with E-state index in [0.717, 1.165) is 30.7 Å². The number of aryl methyl sites for hydroxylation is 2. The molecule has 3 N–H and O–H groups in total. The Bertz CT molecular complexity index is 541. The molecule has 0 bridgehead atoms. The van der Waals surface area contributed by atoms with Crippen molar-refractivity contribution < 1.29 is 9.59 Å². The minimum Gasteiger partial charge on any atom is -0.355 e. The van der Waals surface area contributed by atoms with Crippen LogP contribution in [0.1, 0.15) is 39.9 Å². The molecule has 1 aliphatic rings. The van der Waals surface area contributed by atoms with Gasteiger partial charge in [0.2, 0.25) is 5.91 Å². The molecule has 1 aliphatic heterocycles. The highest BCUT2D eigenvalue weighted by Gasteiger charge is 2.29. The van der Waals surface area contributed by atoms with Crippen LogP contribution in [0, 0.1) is 12.8 Å². The SMILES string of the molecule is CCc1sc(C(=O)N2CCCC(C(=O)NCCN)C2)cc1C. The van der Waals surface area contributed by atoms with Crippen molar-refractivity contribution >= 4 is 23.2 Å². The zero-order valence-electron chi connectivity index (χ0n) is 13.4. The van der Waals surface area contributed by atoms with Crippen molar-refractivity contribution in [1.82, 2.24) is 10.2 Å². The van der Waals surface area contributed by atoms with Crippen molar-refractivity contribution in [3.63, 3.8) is 0 Å². The molecule has 0 aliphatic carbocycles. The van der Waals surface area contributed by atoms with Gasteiger partial charge in [0.15, 0.2) is 0 Å². The largest absolute Gasteiger partial charge is 0.355 e. The van der Waals surface area contributed by atoms with Gasteiger partial charge in [0.25, 0.3) is 5.91 Å². The highest BCUT2D eigenvalue weighted by molar-refractivity contribution is 7.14. The van der Waals surface area contributed by atoms with E-state index in [1.165, 1.54) is 10.4 Å². The standard InChI is InChI=1S/C16H25N3O2S/c1-3-13-11(2)9-14(22-13)16(21)19-8-4-5-12(10-19)15(20)18-7-6-17/h9,12H,3-8,10,17H2,1-2H3,(H,18,20). The van der Waals surface area contributed by atoms with Crippen LogP contribution in [0.15, 0.2) is 6.07 Å². The second kappa shape index (κ2) is 7.74. The average molecular weight is 323 g/mol. The van der Waals surface area contributed by atoms with Crippen LogP contribution >= 0.6 is 11.3 Å². The van der Waals surface area contributed by atoms with Gasteiger partial charge in [-0.25, -0.2) is 0 Å². The smallest absolute Gasteiger partial charge is 0.263 e. The monoisotopic (exact) mass is 323 g/mol. The summed E-state index contributed by atoms with van der Waals surface area (Å²) in [5.41, 5.74) is 6.59. The summed E-state index contributed by atoms with van der Waals surface area (Å²) < 4.78 is 0. The molecule has 0 spiro atoms. The number of carbonyl (C=O) groups excluding carboxylic acids is 2. The number of rotatable bonds is 5. The Kier molecular flexibility index (Phi) is 5.97. The molecule has 1 atom stereocenters. The number of hydrogen-bond acceptors (Lipinski definition) is 4. The fraction of sp³-hybridized carbons (Fsp3) is 0.625. The first-order valence-electron chi connectivity index (χ1n) is 7.93. The van der Waals surface area contributed by atoms with Crippen molar-refractivity contribution in [1.29, 1.82) is 0 Å². The van der Waals surface area contributed by atoms with E-state index in [4.69, 9.17) is 5.73 Å². The van der Waals surface area contributed by atoms with Crippen LogP contribution < -0.4 is 11.1 Å². The van der Waals surface area contributed by atoms with Crippen LogP contribution in [0.3, 0.4) is 0 Å². The third kappa shape index (κ3) is 3.87. The third-order valence-electron chi connectivity index (χ3n) is 4.08. The summed E-state index contributed by atoms with van der Waals surface area (Å²) in [5.74, 6) is -0.0420. The highest BCUT2D eigenvalue weighted by atomic mass is 32.1. The summed E-state index contributed by atoms with van der Waals surface area (Å²) in [4.78, 5) is 28.6. The number of likely N-dealkylation sites (tertiary alicyclic amines) is 1. The molecule has 0 radical (unpaired) electrons. The summed E-state index contributed by atoms with van der Waals surface area (Å²) in [6, 6.07) is 1.98. The molecule has 122 valence electrons. The molecular formula is C16H25N3O2S. The first kappa shape index (κ1) is 17.0. The van der Waals surface area contributed by atoms with Crippen molar-refractivity contribution in [2.75, 3.05) is 26.2 Å². The minimum absolute atomic E-state index is 0.0135. The van der Waals surface area contributed by atoms with Crippen LogP contribution in [0.4, 0.5) is 0 Å². The number of nitrogens with zero attached hydrogens (tertiary/aromatic N) is 1. The zero-order valence-corrected chi connectivity index (χ0v) is 14.2. The van der Waals surface area contributed by atoms with Gasteiger partial charge in [-0.05, 0) is 37.8 Å². The Labute approximate surface area is 135 Å². The highest BCUT2D eigenvalue weighted by Crippen LogP contribution is 2.26. The van der Waals surface area contributed by atoms with Crippen LogP contribution in [0.2, 0.25) is 0 Å². The molecule has 22 heavy (non-hydrogen) atoms. The van der Waals surface area contributed by atoms with Crippen molar-refractivity contribution in [3.05, 3.63) is 21.4 Å². The van der Waals surface area contributed by atoms with E-state index in [2.05, 4.69) is 12.2 Å². The molecule has 1 unspecified atom stereocenters. The molecule has 1 aromatic rings. The number of carbonyl (C=O) groups is 2. The number of nitrogens with two attached hydrogens (primary N) is 1. The van der Waals surface area contributed by atoms with E-state index < -0.39 is 0 Å². The van der Waals surface area contributed by atoms with E-state index in [-0.39, 0.29) is 17.7 Å². The van der Waals surface area contributed by atoms with Crippen LogP contribution in [-0.2, 0) is 11.2 Å². The zero-order chi connectivity index (χ0) is 16.1. The molecule has 6 heteroatoms. The molecule has 1 saturated heterocycles. The molecule has 2 rings (SSSR count). The molecular weight excluding hydrogens is 298 g/mol. The van der Waals surface area contributed by atoms with Crippen molar-refractivity contribution in [3.8, 4) is 0 Å². The van der Waals surface area contributed by atoms with Gasteiger partial charge in [-0.1, -0.05) is 6.92 Å². The topological polar surface area (TPSA) is 75.4 Å². The second-order valence-corrected chi connectivity index (χ2v) is 6.88. The maximum absolute atomic E-state index is 12.6. The summed E-state index contributed by atoms with van der Waals surface area (Å²) in [6.07, 6.45) is 2.66. The number of amides is 2. The molecule has 1 fully saturated rings. The normalized spacial score (nSPS) is 18.3. The van der Waals surface area contributed by atoms with Gasteiger partial charge < -0.3 is 16.0 Å². The Morgan fingerprint density at radius 1 is 1.50 bits per heavy atom. The number of piperidine rings is 1. The predicted octanol–water partition coefficient (Wildman–Crippen LogP) is 1.55. The predicted molar refractivity (Wildman–Crippen MR) is 89.1 cm³/mol. The Balaban J connectivity index is 2.01. The van der Waals surface area contributed by atoms with Crippen LogP contribution in [-0.4, -0.2) is 42.9 Å². The first-order valence-corrected chi connectivity index (χ1v) is 8.74. The van der Waals surface area contributed by atoms with Gasteiger partial charge in [-0.15, -0.1) is 11.3 Å². The maximum atomic E-state index is 12.6. The average Bonchev–Trinajstić information content (AvgIpc) is 2.92. The Morgan fingerprint density at radius 3 is 2.91 bits per heavy atom. The lowest BCUT2D eigenvalue weighted by molar-refractivity contribution is -0.126. The van der Waals surface area contributed by atoms with Gasteiger partial charge in [-0.2, -0.15) is 0 Å². The molecule has 1 aromatic heterocycles. The lowest BCUT2D eigenvalue weighted by atomic mass is 9.97. The third-order valence-corrected chi connectivity index (χ3v) is 5.44. The maximum Gasteiger partial charge on any atom is 0.263 e. The number of nitrogens with one attached hydrogen (secondary N) is 1. The number of thiophene rings is 1. The molecule has 2 heterocycles. The fourth-order valence-corrected chi connectivity index (χ4v) is 3.93. The van der Waals surface area contributed by atoms with Crippen LogP contribution in [0.25, 0.3) is 0 Å². The van der Waals surface area contributed by atoms with E-state index in [0.29, 0.717) is 19.6 Å². The van der Waals surface area contributed by atoms with Crippen molar-refractivity contribution in [2.24, 2.45) is 11.7 Å².